The van der Waals surface area contributed by atoms with E-state index in [2.05, 4.69) is 16.8 Å². The third-order valence-electron chi connectivity index (χ3n) is 2.77. The van der Waals surface area contributed by atoms with Crippen LogP contribution in [0, 0.1) is 10.1 Å². The van der Waals surface area contributed by atoms with E-state index in [-0.39, 0.29) is 24.1 Å². The van der Waals surface area contributed by atoms with Gasteiger partial charge in [-0.05, 0) is 26.8 Å². The first-order chi connectivity index (χ1) is 8.45. The summed E-state index contributed by atoms with van der Waals surface area (Å²) in [6.45, 7) is 7.23. The molecule has 1 aromatic rings. The highest BCUT2D eigenvalue weighted by Crippen LogP contribution is 2.13. The molecule has 1 heterocycles. The predicted octanol–water partition coefficient (Wildman–Crippen LogP) is 2.23. The number of ketones is 1. The Bertz CT molecular complexity index is 426. The number of aromatic amines is 1. The molecule has 0 aliphatic heterocycles. The van der Waals surface area contributed by atoms with E-state index in [1.807, 2.05) is 13.8 Å². The summed E-state index contributed by atoms with van der Waals surface area (Å²) in [4.78, 5) is 26.7. The maximum atomic E-state index is 12.0. The molecule has 0 saturated carbocycles. The van der Waals surface area contributed by atoms with Crippen molar-refractivity contribution >= 4 is 11.5 Å². The zero-order valence-electron chi connectivity index (χ0n) is 11.0. The zero-order valence-corrected chi connectivity index (χ0v) is 11.0. The van der Waals surface area contributed by atoms with E-state index in [0.29, 0.717) is 5.69 Å². The third-order valence-corrected chi connectivity index (χ3v) is 2.77. The van der Waals surface area contributed by atoms with Gasteiger partial charge in [-0.1, -0.05) is 6.92 Å². The summed E-state index contributed by atoms with van der Waals surface area (Å²) in [5, 5.41) is 10.5. The van der Waals surface area contributed by atoms with Gasteiger partial charge in [0.15, 0.2) is 5.78 Å². The summed E-state index contributed by atoms with van der Waals surface area (Å²) in [7, 11) is 0. The highest BCUT2D eigenvalue weighted by atomic mass is 16.6. The summed E-state index contributed by atoms with van der Waals surface area (Å²) in [6, 6.07) is 1.56. The lowest BCUT2D eigenvalue weighted by atomic mass is 10.2. The summed E-state index contributed by atoms with van der Waals surface area (Å²) in [5.41, 5.74) is 0.216. The van der Waals surface area contributed by atoms with Gasteiger partial charge in [-0.25, -0.2) is 0 Å². The van der Waals surface area contributed by atoms with Crippen molar-refractivity contribution < 1.29 is 9.72 Å². The molecule has 0 saturated heterocycles. The lowest BCUT2D eigenvalue weighted by Gasteiger charge is -2.24. The standard InChI is InChI=1S/C12H19N3O3/c1-4-5-14(9(2)3)8-12(16)11-6-10(7-13-11)15(17)18/h6-7,9,13H,4-5,8H2,1-3H3. The second-order valence-corrected chi connectivity index (χ2v) is 4.52. The van der Waals surface area contributed by atoms with Crippen LogP contribution in [-0.4, -0.2) is 39.7 Å². The van der Waals surface area contributed by atoms with Gasteiger partial charge in [0, 0.05) is 12.1 Å². The Morgan fingerprint density at radius 3 is 2.67 bits per heavy atom. The first-order valence-corrected chi connectivity index (χ1v) is 6.05. The fourth-order valence-corrected chi connectivity index (χ4v) is 1.73. The van der Waals surface area contributed by atoms with Gasteiger partial charge >= 0.3 is 0 Å². The molecule has 0 amide bonds. The number of H-pyrrole nitrogens is 1. The molecule has 0 fully saturated rings. The van der Waals surface area contributed by atoms with E-state index in [9.17, 15) is 14.9 Å². The number of nitrogens with zero attached hydrogens (tertiary/aromatic N) is 2. The number of Topliss-reactive ketones (excluding diaryl/α,β-unsaturated/α-hetero) is 1. The Labute approximate surface area is 106 Å². The number of nitro groups is 1. The van der Waals surface area contributed by atoms with Crippen LogP contribution in [-0.2, 0) is 0 Å². The van der Waals surface area contributed by atoms with Gasteiger partial charge in [-0.3, -0.25) is 19.8 Å². The first-order valence-electron chi connectivity index (χ1n) is 6.05. The number of aromatic nitrogens is 1. The molecule has 1 N–H and O–H groups in total. The minimum Gasteiger partial charge on any atom is -0.353 e. The molecule has 1 aromatic heterocycles. The maximum absolute atomic E-state index is 12.0. The monoisotopic (exact) mass is 253 g/mol. The fourth-order valence-electron chi connectivity index (χ4n) is 1.73. The lowest BCUT2D eigenvalue weighted by molar-refractivity contribution is -0.384. The van der Waals surface area contributed by atoms with Crippen LogP contribution in [0.4, 0.5) is 5.69 Å². The Hall–Kier alpha value is -1.69. The van der Waals surface area contributed by atoms with Crippen LogP contribution < -0.4 is 0 Å². The smallest absolute Gasteiger partial charge is 0.287 e. The second kappa shape index (κ2) is 6.30. The summed E-state index contributed by atoms with van der Waals surface area (Å²) < 4.78 is 0. The predicted molar refractivity (Wildman–Crippen MR) is 68.8 cm³/mol. The minimum absolute atomic E-state index is 0.0788. The lowest BCUT2D eigenvalue weighted by Crippen LogP contribution is -2.36. The van der Waals surface area contributed by atoms with Crippen molar-refractivity contribution in [2.24, 2.45) is 0 Å². The molecule has 0 unspecified atom stereocenters. The van der Waals surface area contributed by atoms with E-state index in [1.165, 1.54) is 12.3 Å². The van der Waals surface area contributed by atoms with Crippen LogP contribution >= 0.6 is 0 Å². The Kier molecular flexibility index (Phi) is 5.03. The maximum Gasteiger partial charge on any atom is 0.287 e. The van der Waals surface area contributed by atoms with Crippen molar-refractivity contribution in [3.05, 3.63) is 28.1 Å². The number of carbonyl (C=O) groups excluding carboxylic acids is 1. The molecule has 0 aliphatic rings. The van der Waals surface area contributed by atoms with Crippen molar-refractivity contribution in [3.63, 3.8) is 0 Å². The Balaban J connectivity index is 2.71. The second-order valence-electron chi connectivity index (χ2n) is 4.52. The number of hydrogen-bond acceptors (Lipinski definition) is 4. The van der Waals surface area contributed by atoms with Crippen molar-refractivity contribution in [1.29, 1.82) is 0 Å². The molecule has 0 bridgehead atoms. The van der Waals surface area contributed by atoms with Gasteiger partial charge in [-0.2, -0.15) is 0 Å². The zero-order chi connectivity index (χ0) is 13.7. The minimum atomic E-state index is -0.514. The van der Waals surface area contributed by atoms with Crippen molar-refractivity contribution in [1.82, 2.24) is 9.88 Å². The SMILES string of the molecule is CCCN(CC(=O)c1cc([N+](=O)[O-])c[nH]1)C(C)C. The molecule has 18 heavy (non-hydrogen) atoms. The number of rotatable bonds is 7. The molecule has 0 atom stereocenters. The van der Waals surface area contributed by atoms with E-state index in [0.717, 1.165) is 13.0 Å². The molecule has 0 spiro atoms. The molecule has 1 rings (SSSR count). The summed E-state index contributed by atoms with van der Waals surface area (Å²) >= 11 is 0. The van der Waals surface area contributed by atoms with Crippen LogP contribution in [0.15, 0.2) is 12.3 Å². The summed E-state index contributed by atoms with van der Waals surface area (Å²) in [6.07, 6.45) is 2.21. The van der Waals surface area contributed by atoms with Gasteiger partial charge in [0.05, 0.1) is 23.4 Å². The van der Waals surface area contributed by atoms with E-state index in [1.54, 1.807) is 0 Å². The van der Waals surface area contributed by atoms with Crippen LogP contribution in [0.1, 0.15) is 37.7 Å². The normalized spacial score (nSPS) is 11.2. The molecular formula is C12H19N3O3. The van der Waals surface area contributed by atoms with Crippen LogP contribution in [0.25, 0.3) is 0 Å². The first kappa shape index (κ1) is 14.4. The quantitative estimate of drug-likeness (QED) is 0.459. The molecule has 0 aromatic carbocycles. The van der Waals surface area contributed by atoms with E-state index < -0.39 is 4.92 Å². The average molecular weight is 253 g/mol. The topological polar surface area (TPSA) is 79.2 Å². The van der Waals surface area contributed by atoms with E-state index in [4.69, 9.17) is 0 Å². The van der Waals surface area contributed by atoms with E-state index >= 15 is 0 Å². The molecule has 0 aliphatic carbocycles. The molecule has 100 valence electrons. The van der Waals surface area contributed by atoms with Crippen molar-refractivity contribution in [2.45, 2.75) is 33.2 Å². The van der Waals surface area contributed by atoms with Gasteiger partial charge in [-0.15, -0.1) is 0 Å². The van der Waals surface area contributed by atoms with Gasteiger partial charge in [0.25, 0.3) is 5.69 Å². The Morgan fingerprint density at radius 2 is 2.22 bits per heavy atom. The van der Waals surface area contributed by atoms with Gasteiger partial charge < -0.3 is 4.98 Å². The number of carbonyl (C=O) groups is 1. The van der Waals surface area contributed by atoms with Gasteiger partial charge in [0.1, 0.15) is 0 Å². The highest BCUT2D eigenvalue weighted by molar-refractivity contribution is 5.96. The molecule has 0 radical (unpaired) electrons. The Morgan fingerprint density at radius 1 is 1.56 bits per heavy atom. The van der Waals surface area contributed by atoms with Crippen molar-refractivity contribution in [2.75, 3.05) is 13.1 Å². The number of nitrogens with one attached hydrogen (secondary N) is 1. The average Bonchev–Trinajstić information content (AvgIpc) is 2.77. The summed E-state index contributed by atoms with van der Waals surface area (Å²) in [5.74, 6) is -0.120. The largest absolute Gasteiger partial charge is 0.353 e. The van der Waals surface area contributed by atoms with Crippen molar-refractivity contribution in [3.8, 4) is 0 Å². The van der Waals surface area contributed by atoms with Gasteiger partial charge in [0.2, 0.25) is 0 Å². The third kappa shape index (κ3) is 3.66. The molecule has 6 heteroatoms. The van der Waals surface area contributed by atoms with Crippen LogP contribution in [0.5, 0.6) is 0 Å². The van der Waals surface area contributed by atoms with Crippen LogP contribution in [0.2, 0.25) is 0 Å². The molecule has 6 nitrogen and oxygen atoms in total. The fraction of sp³-hybridized carbons (Fsp3) is 0.583. The number of hydrogen-bond donors (Lipinski definition) is 1. The van der Waals surface area contributed by atoms with Crippen LogP contribution in [0.3, 0.4) is 0 Å². The highest BCUT2D eigenvalue weighted by Gasteiger charge is 2.18. The molecular weight excluding hydrogens is 234 g/mol.